The Kier molecular flexibility index (Phi) is 6.08. The molecule has 3 N–H and O–H groups in total. The number of anilines is 1. The highest BCUT2D eigenvalue weighted by molar-refractivity contribution is 5.99. The summed E-state index contributed by atoms with van der Waals surface area (Å²) < 4.78 is 7.88. The van der Waals surface area contributed by atoms with Gasteiger partial charge in [-0.25, -0.2) is 5.10 Å². The molecular weight excluding hydrogens is 432 g/mol. The molecule has 0 bridgehead atoms. The zero-order chi connectivity index (χ0) is 23.7. The number of nitrogens with one attached hydrogen (secondary N) is 1. The Labute approximate surface area is 197 Å². The standard InChI is InChI=1S/C25H30N6O3/c1-2-20(32)30-14-6-7-17(15-30)31-23-21(24(26)27-28-25(23)33)22(29-31)16-10-12-19(13-11-16)34-18-8-4-3-5-9-18/h2,10-13,17-18H,1,3-9,14-15H2,(H2,26,27)(H,28,33)/t17-/m1/s1. The van der Waals surface area contributed by atoms with E-state index in [2.05, 4.69) is 16.8 Å². The van der Waals surface area contributed by atoms with Gasteiger partial charge in [0.25, 0.3) is 5.56 Å². The van der Waals surface area contributed by atoms with Crippen molar-refractivity contribution in [3.8, 4) is 17.0 Å². The fourth-order valence-corrected chi connectivity index (χ4v) is 5.13. The lowest BCUT2D eigenvalue weighted by molar-refractivity contribution is -0.127. The van der Waals surface area contributed by atoms with Gasteiger partial charge in [0.1, 0.15) is 17.0 Å². The molecule has 3 aromatic rings. The number of fused-ring (bicyclic) bond motifs is 1. The van der Waals surface area contributed by atoms with Crippen molar-refractivity contribution in [3.63, 3.8) is 0 Å². The maximum Gasteiger partial charge on any atom is 0.290 e. The van der Waals surface area contributed by atoms with Crippen molar-refractivity contribution < 1.29 is 9.53 Å². The van der Waals surface area contributed by atoms with E-state index >= 15 is 0 Å². The summed E-state index contributed by atoms with van der Waals surface area (Å²) in [7, 11) is 0. The number of hydrogen-bond acceptors (Lipinski definition) is 6. The number of amides is 1. The second kappa shape index (κ2) is 9.32. The molecule has 1 saturated carbocycles. The molecule has 2 fully saturated rings. The molecule has 9 heteroatoms. The smallest absolute Gasteiger partial charge is 0.290 e. The van der Waals surface area contributed by atoms with Gasteiger partial charge < -0.3 is 15.4 Å². The second-order valence-electron chi connectivity index (χ2n) is 9.14. The minimum atomic E-state index is -0.354. The number of nitrogen functional groups attached to an aromatic ring is 1. The van der Waals surface area contributed by atoms with Gasteiger partial charge in [0.2, 0.25) is 5.91 Å². The molecule has 1 aliphatic carbocycles. The number of hydrogen-bond donors (Lipinski definition) is 2. The lowest BCUT2D eigenvalue weighted by Crippen LogP contribution is -2.40. The van der Waals surface area contributed by atoms with Crippen LogP contribution in [0.25, 0.3) is 22.2 Å². The van der Waals surface area contributed by atoms with Gasteiger partial charge in [-0.3, -0.25) is 14.3 Å². The zero-order valence-electron chi connectivity index (χ0n) is 19.2. The third-order valence-corrected chi connectivity index (χ3v) is 6.87. The van der Waals surface area contributed by atoms with E-state index in [9.17, 15) is 9.59 Å². The lowest BCUT2D eigenvalue weighted by Gasteiger charge is -2.32. The lowest BCUT2D eigenvalue weighted by atomic mass is 9.98. The molecule has 0 spiro atoms. The van der Waals surface area contributed by atoms with Gasteiger partial charge >= 0.3 is 0 Å². The molecule has 3 heterocycles. The molecule has 9 nitrogen and oxygen atoms in total. The Morgan fingerprint density at radius 2 is 1.91 bits per heavy atom. The Hall–Kier alpha value is -3.62. The van der Waals surface area contributed by atoms with E-state index in [1.54, 1.807) is 9.58 Å². The van der Waals surface area contributed by atoms with Crippen LogP contribution in [-0.2, 0) is 4.79 Å². The van der Waals surface area contributed by atoms with Crippen LogP contribution >= 0.6 is 0 Å². The maximum absolute atomic E-state index is 12.8. The number of aromatic amines is 1. The number of likely N-dealkylation sites (tertiary alicyclic amines) is 1. The summed E-state index contributed by atoms with van der Waals surface area (Å²) in [6.07, 6.45) is 9.09. The normalized spacial score (nSPS) is 19.3. The molecular formula is C25H30N6O3. The van der Waals surface area contributed by atoms with E-state index < -0.39 is 0 Å². The number of carbonyl (C=O) groups excluding carboxylic acids is 1. The Morgan fingerprint density at radius 3 is 2.65 bits per heavy atom. The number of aromatic nitrogens is 4. The van der Waals surface area contributed by atoms with Crippen LogP contribution in [0.4, 0.5) is 5.82 Å². The van der Waals surface area contributed by atoms with Crippen molar-refractivity contribution in [3.05, 3.63) is 47.3 Å². The molecule has 0 radical (unpaired) electrons. The number of carbonyl (C=O) groups is 1. The first-order valence-corrected chi connectivity index (χ1v) is 12.0. The summed E-state index contributed by atoms with van der Waals surface area (Å²) in [6, 6.07) is 7.62. The van der Waals surface area contributed by atoms with Crippen molar-refractivity contribution >= 4 is 22.6 Å². The van der Waals surface area contributed by atoms with E-state index in [1.165, 1.54) is 25.3 Å². The van der Waals surface area contributed by atoms with Crippen molar-refractivity contribution in [1.82, 2.24) is 24.9 Å². The van der Waals surface area contributed by atoms with Gasteiger partial charge in [0, 0.05) is 18.7 Å². The van der Waals surface area contributed by atoms with Gasteiger partial charge in [0.05, 0.1) is 17.5 Å². The summed E-state index contributed by atoms with van der Waals surface area (Å²) in [5.74, 6) is 0.924. The highest BCUT2D eigenvalue weighted by Gasteiger charge is 2.28. The first-order valence-electron chi connectivity index (χ1n) is 12.0. The van der Waals surface area contributed by atoms with Crippen LogP contribution in [0.3, 0.4) is 0 Å². The van der Waals surface area contributed by atoms with Crippen LogP contribution < -0.4 is 16.0 Å². The fourth-order valence-electron chi connectivity index (χ4n) is 5.13. The van der Waals surface area contributed by atoms with Gasteiger partial charge in [-0.15, -0.1) is 0 Å². The first kappa shape index (κ1) is 22.2. The molecule has 2 aromatic heterocycles. The van der Waals surface area contributed by atoms with E-state index in [0.29, 0.717) is 29.7 Å². The third kappa shape index (κ3) is 4.18. The molecule has 1 atom stereocenters. The predicted molar refractivity (Wildman–Crippen MR) is 131 cm³/mol. The maximum atomic E-state index is 12.8. The Balaban J connectivity index is 1.51. The van der Waals surface area contributed by atoms with Crippen LogP contribution in [-0.4, -0.2) is 50.0 Å². The van der Waals surface area contributed by atoms with Gasteiger partial charge in [-0.1, -0.05) is 13.0 Å². The fraction of sp³-hybridized carbons (Fsp3) is 0.440. The zero-order valence-corrected chi connectivity index (χ0v) is 19.2. The molecule has 178 valence electrons. The number of nitrogens with two attached hydrogens (primary N) is 1. The minimum absolute atomic E-state index is 0.120. The van der Waals surface area contributed by atoms with E-state index in [4.69, 9.17) is 15.6 Å². The van der Waals surface area contributed by atoms with E-state index in [-0.39, 0.29) is 29.4 Å². The van der Waals surface area contributed by atoms with Gasteiger partial charge in [-0.2, -0.15) is 10.2 Å². The summed E-state index contributed by atoms with van der Waals surface area (Å²) in [4.78, 5) is 26.8. The number of piperidine rings is 1. The molecule has 5 rings (SSSR count). The van der Waals surface area contributed by atoms with Crippen LogP contribution in [0.2, 0.25) is 0 Å². The molecule has 34 heavy (non-hydrogen) atoms. The summed E-state index contributed by atoms with van der Waals surface area (Å²) in [5.41, 5.74) is 7.67. The number of nitrogens with zero attached hydrogens (tertiary/aromatic N) is 4. The molecule has 2 aliphatic rings. The van der Waals surface area contributed by atoms with Crippen molar-refractivity contribution in [2.75, 3.05) is 18.8 Å². The van der Waals surface area contributed by atoms with Crippen LogP contribution in [0, 0.1) is 0 Å². The van der Waals surface area contributed by atoms with Crippen molar-refractivity contribution in [2.24, 2.45) is 0 Å². The average Bonchev–Trinajstić information content (AvgIpc) is 3.29. The highest BCUT2D eigenvalue weighted by atomic mass is 16.5. The predicted octanol–water partition coefficient (Wildman–Crippen LogP) is 3.43. The van der Waals surface area contributed by atoms with Crippen molar-refractivity contribution in [2.45, 2.75) is 57.1 Å². The topological polar surface area (TPSA) is 119 Å². The van der Waals surface area contributed by atoms with Crippen LogP contribution in [0.5, 0.6) is 5.75 Å². The summed E-state index contributed by atoms with van der Waals surface area (Å²) in [5, 5.41) is 11.8. The number of benzene rings is 1. The Morgan fingerprint density at radius 1 is 1.15 bits per heavy atom. The third-order valence-electron chi connectivity index (χ3n) is 6.87. The van der Waals surface area contributed by atoms with Crippen LogP contribution in [0.1, 0.15) is 51.0 Å². The van der Waals surface area contributed by atoms with E-state index in [0.717, 1.165) is 37.0 Å². The first-order chi connectivity index (χ1) is 16.5. The summed E-state index contributed by atoms with van der Waals surface area (Å²) >= 11 is 0. The van der Waals surface area contributed by atoms with Crippen molar-refractivity contribution in [1.29, 1.82) is 0 Å². The van der Waals surface area contributed by atoms with Gasteiger partial charge in [-0.05, 0) is 68.9 Å². The summed E-state index contributed by atoms with van der Waals surface area (Å²) in [6.45, 7) is 4.71. The minimum Gasteiger partial charge on any atom is -0.490 e. The SMILES string of the molecule is C=CC(=O)N1CCC[C@@H](n2nc(-c3ccc(OC4CCCCC4)cc3)c3c(N)n[nH]c(=O)c32)C1. The van der Waals surface area contributed by atoms with Crippen LogP contribution in [0.15, 0.2) is 41.7 Å². The largest absolute Gasteiger partial charge is 0.490 e. The molecule has 1 aromatic carbocycles. The quantitative estimate of drug-likeness (QED) is 0.561. The molecule has 1 saturated heterocycles. The molecule has 0 unspecified atom stereocenters. The molecule has 1 amide bonds. The average molecular weight is 463 g/mol. The number of H-pyrrole nitrogens is 1. The highest BCUT2D eigenvalue weighted by Crippen LogP contribution is 2.34. The molecule has 1 aliphatic heterocycles. The van der Waals surface area contributed by atoms with Gasteiger partial charge in [0.15, 0.2) is 5.82 Å². The monoisotopic (exact) mass is 462 g/mol. The number of ether oxygens (including phenoxy) is 1. The second-order valence-corrected chi connectivity index (χ2v) is 9.14. The Bertz CT molecular complexity index is 1260. The van der Waals surface area contributed by atoms with E-state index in [1.807, 2.05) is 24.3 Å². The number of rotatable bonds is 5.